The molecule has 0 aliphatic carbocycles. The van der Waals surface area contributed by atoms with Crippen LogP contribution in [0.4, 0.5) is 0 Å². The zero-order chi connectivity index (χ0) is 9.64. The summed E-state index contributed by atoms with van der Waals surface area (Å²) in [6.45, 7) is 1.04. The van der Waals surface area contributed by atoms with Crippen molar-refractivity contribution >= 4 is 0 Å². The SMILES string of the molecule is [c]1ccc(CCCn2ccnc2)cc1. The Morgan fingerprint density at radius 1 is 1.29 bits per heavy atom. The molecule has 1 aromatic heterocycles. The lowest BCUT2D eigenvalue weighted by molar-refractivity contribution is 0.642. The third-order valence-electron chi connectivity index (χ3n) is 2.23. The quantitative estimate of drug-likeness (QED) is 0.714. The minimum absolute atomic E-state index is 1.04. The topological polar surface area (TPSA) is 17.8 Å². The Morgan fingerprint density at radius 2 is 2.14 bits per heavy atom. The third kappa shape index (κ3) is 2.46. The average Bonchev–Trinajstić information content (AvgIpc) is 2.72. The van der Waals surface area contributed by atoms with Crippen LogP contribution in [0.2, 0.25) is 0 Å². The van der Waals surface area contributed by atoms with E-state index >= 15 is 0 Å². The molecule has 0 N–H and O–H groups in total. The van der Waals surface area contributed by atoms with Gasteiger partial charge in [-0.1, -0.05) is 24.3 Å². The number of aromatic nitrogens is 2. The van der Waals surface area contributed by atoms with Gasteiger partial charge in [0.25, 0.3) is 0 Å². The van der Waals surface area contributed by atoms with Gasteiger partial charge in [0.05, 0.1) is 6.33 Å². The number of rotatable bonds is 4. The van der Waals surface area contributed by atoms with Crippen LogP contribution < -0.4 is 0 Å². The van der Waals surface area contributed by atoms with Gasteiger partial charge in [-0.2, -0.15) is 0 Å². The molecule has 2 rings (SSSR count). The molecule has 0 saturated heterocycles. The summed E-state index contributed by atoms with van der Waals surface area (Å²) in [6, 6.07) is 11.2. The van der Waals surface area contributed by atoms with Crippen molar-refractivity contribution in [2.45, 2.75) is 19.4 Å². The Hall–Kier alpha value is -1.57. The highest BCUT2D eigenvalue weighted by Gasteiger charge is 1.92. The summed E-state index contributed by atoms with van der Waals surface area (Å²) in [5.41, 5.74) is 1.38. The summed E-state index contributed by atoms with van der Waals surface area (Å²) in [5, 5.41) is 0. The van der Waals surface area contributed by atoms with E-state index in [1.807, 2.05) is 30.9 Å². The maximum Gasteiger partial charge on any atom is 0.0945 e. The van der Waals surface area contributed by atoms with Crippen molar-refractivity contribution in [1.29, 1.82) is 0 Å². The predicted octanol–water partition coefficient (Wildman–Crippen LogP) is 2.32. The highest BCUT2D eigenvalue weighted by atomic mass is 15.0. The minimum Gasteiger partial charge on any atom is -0.337 e. The number of nitrogens with zero attached hydrogens (tertiary/aromatic N) is 2. The van der Waals surface area contributed by atoms with Crippen molar-refractivity contribution in [3.8, 4) is 0 Å². The Kier molecular flexibility index (Phi) is 2.96. The minimum atomic E-state index is 1.04. The molecule has 2 heteroatoms. The first-order chi connectivity index (χ1) is 6.95. The molecule has 0 atom stereocenters. The standard InChI is InChI=1S/C12H13N2/c1-2-5-12(6-3-1)7-4-9-14-10-8-13-11-14/h2-3,5-6,8,10-11H,4,7,9H2. The van der Waals surface area contributed by atoms with E-state index in [0.29, 0.717) is 0 Å². The first kappa shape index (κ1) is 9.00. The molecule has 0 fully saturated rings. The van der Waals surface area contributed by atoms with Gasteiger partial charge in [0, 0.05) is 18.9 Å². The van der Waals surface area contributed by atoms with E-state index in [4.69, 9.17) is 0 Å². The molecular formula is C12H13N2. The molecule has 1 aromatic carbocycles. The van der Waals surface area contributed by atoms with Crippen molar-refractivity contribution in [3.63, 3.8) is 0 Å². The van der Waals surface area contributed by atoms with Crippen LogP contribution in [0.1, 0.15) is 12.0 Å². The van der Waals surface area contributed by atoms with Crippen molar-refractivity contribution in [1.82, 2.24) is 9.55 Å². The number of hydrogen-bond donors (Lipinski definition) is 0. The van der Waals surface area contributed by atoms with Gasteiger partial charge in [-0.05, 0) is 24.5 Å². The van der Waals surface area contributed by atoms with Gasteiger partial charge in [-0.15, -0.1) is 0 Å². The van der Waals surface area contributed by atoms with E-state index in [9.17, 15) is 0 Å². The van der Waals surface area contributed by atoms with Crippen LogP contribution >= 0.6 is 0 Å². The summed E-state index contributed by atoms with van der Waals surface area (Å²) in [6.07, 6.45) is 7.95. The normalized spacial score (nSPS) is 10.3. The second-order valence-corrected chi connectivity index (χ2v) is 3.31. The molecule has 0 spiro atoms. The molecule has 0 amide bonds. The lowest BCUT2D eigenvalue weighted by atomic mass is 10.1. The molecular weight excluding hydrogens is 172 g/mol. The van der Waals surface area contributed by atoms with Crippen LogP contribution in [0.5, 0.6) is 0 Å². The molecule has 14 heavy (non-hydrogen) atoms. The van der Waals surface area contributed by atoms with Crippen LogP contribution in [-0.4, -0.2) is 9.55 Å². The molecule has 0 saturated carbocycles. The van der Waals surface area contributed by atoms with Crippen molar-refractivity contribution in [2.24, 2.45) is 0 Å². The average molecular weight is 185 g/mol. The summed E-state index contributed by atoms with van der Waals surface area (Å²) in [4.78, 5) is 4.01. The van der Waals surface area contributed by atoms with Crippen molar-refractivity contribution < 1.29 is 0 Å². The molecule has 0 bridgehead atoms. The zero-order valence-electron chi connectivity index (χ0n) is 8.06. The first-order valence-electron chi connectivity index (χ1n) is 4.86. The maximum absolute atomic E-state index is 4.01. The number of imidazole rings is 1. The molecule has 0 aliphatic heterocycles. The van der Waals surface area contributed by atoms with Crippen LogP contribution in [-0.2, 0) is 13.0 Å². The zero-order valence-corrected chi connectivity index (χ0v) is 8.06. The highest BCUT2D eigenvalue weighted by molar-refractivity contribution is 5.13. The van der Waals surface area contributed by atoms with Gasteiger partial charge in [-0.25, -0.2) is 4.98 Å². The second-order valence-electron chi connectivity index (χ2n) is 3.31. The van der Waals surface area contributed by atoms with E-state index < -0.39 is 0 Å². The van der Waals surface area contributed by atoms with E-state index in [0.717, 1.165) is 19.4 Å². The smallest absolute Gasteiger partial charge is 0.0945 e. The largest absolute Gasteiger partial charge is 0.337 e. The third-order valence-corrected chi connectivity index (χ3v) is 2.23. The van der Waals surface area contributed by atoms with Gasteiger partial charge < -0.3 is 4.57 Å². The number of benzene rings is 1. The summed E-state index contributed by atoms with van der Waals surface area (Å²) in [5.74, 6) is 0. The Labute approximate surface area is 84.2 Å². The summed E-state index contributed by atoms with van der Waals surface area (Å²) in [7, 11) is 0. The fraction of sp³-hybridized carbons (Fsp3) is 0.250. The van der Waals surface area contributed by atoms with Crippen molar-refractivity contribution in [2.75, 3.05) is 0 Å². The van der Waals surface area contributed by atoms with E-state index in [1.54, 1.807) is 0 Å². The second kappa shape index (κ2) is 4.61. The van der Waals surface area contributed by atoms with Crippen LogP contribution in [0.25, 0.3) is 0 Å². The number of aryl methyl sites for hydroxylation is 2. The Morgan fingerprint density at radius 3 is 2.86 bits per heavy atom. The molecule has 0 aliphatic rings. The number of hydrogen-bond acceptors (Lipinski definition) is 1. The fourth-order valence-electron chi connectivity index (χ4n) is 1.47. The van der Waals surface area contributed by atoms with Gasteiger partial charge in [0.2, 0.25) is 0 Å². The van der Waals surface area contributed by atoms with Crippen LogP contribution in [0.15, 0.2) is 43.0 Å². The monoisotopic (exact) mass is 185 g/mol. The van der Waals surface area contributed by atoms with Crippen LogP contribution in [0, 0.1) is 6.07 Å². The first-order valence-corrected chi connectivity index (χ1v) is 4.86. The lowest BCUT2D eigenvalue weighted by Crippen LogP contribution is -1.96. The van der Waals surface area contributed by atoms with Crippen LogP contribution in [0.3, 0.4) is 0 Å². The predicted molar refractivity (Wildman–Crippen MR) is 55.8 cm³/mol. The highest BCUT2D eigenvalue weighted by Crippen LogP contribution is 2.03. The lowest BCUT2D eigenvalue weighted by Gasteiger charge is -2.01. The molecule has 0 unspecified atom stereocenters. The van der Waals surface area contributed by atoms with Gasteiger partial charge in [-0.3, -0.25) is 0 Å². The van der Waals surface area contributed by atoms with E-state index in [1.165, 1.54) is 5.56 Å². The molecule has 2 nitrogen and oxygen atoms in total. The van der Waals surface area contributed by atoms with E-state index in [-0.39, 0.29) is 0 Å². The Balaban J connectivity index is 1.79. The van der Waals surface area contributed by atoms with Gasteiger partial charge in [0.15, 0.2) is 0 Å². The maximum atomic E-state index is 4.01. The molecule has 1 radical (unpaired) electrons. The summed E-state index contributed by atoms with van der Waals surface area (Å²) < 4.78 is 2.11. The molecule has 71 valence electrons. The fourth-order valence-corrected chi connectivity index (χ4v) is 1.47. The molecule has 2 aromatic rings. The van der Waals surface area contributed by atoms with E-state index in [2.05, 4.69) is 27.8 Å². The van der Waals surface area contributed by atoms with Crippen molar-refractivity contribution in [3.05, 3.63) is 54.6 Å². The van der Waals surface area contributed by atoms with Gasteiger partial charge >= 0.3 is 0 Å². The Bertz CT molecular complexity index is 351. The summed E-state index contributed by atoms with van der Waals surface area (Å²) >= 11 is 0. The molecule has 1 heterocycles. The van der Waals surface area contributed by atoms with Gasteiger partial charge in [0.1, 0.15) is 0 Å².